The van der Waals surface area contributed by atoms with E-state index in [4.69, 9.17) is 0 Å². The van der Waals surface area contributed by atoms with Gasteiger partial charge >= 0.3 is 0 Å². The second-order valence-electron chi connectivity index (χ2n) is 6.27. The van der Waals surface area contributed by atoms with Gasteiger partial charge in [0.25, 0.3) is 5.91 Å². The molecule has 132 valence electrons. The quantitative estimate of drug-likeness (QED) is 0.611. The van der Waals surface area contributed by atoms with Crippen molar-refractivity contribution in [3.8, 4) is 0 Å². The second kappa shape index (κ2) is 8.81. The van der Waals surface area contributed by atoms with Crippen LogP contribution in [-0.4, -0.2) is 17.4 Å². The van der Waals surface area contributed by atoms with Crippen molar-refractivity contribution in [2.45, 2.75) is 19.8 Å². The van der Waals surface area contributed by atoms with Crippen molar-refractivity contribution < 1.29 is 4.79 Å². The van der Waals surface area contributed by atoms with Gasteiger partial charge in [0.05, 0.1) is 5.56 Å². The third-order valence-corrected chi connectivity index (χ3v) is 4.09. The smallest absolute Gasteiger partial charge is 0.257 e. The molecule has 3 aromatic rings. The molecule has 0 fully saturated rings. The van der Waals surface area contributed by atoms with Crippen molar-refractivity contribution >= 4 is 17.4 Å². The highest BCUT2D eigenvalue weighted by Gasteiger charge is 2.07. The number of benzene rings is 2. The van der Waals surface area contributed by atoms with Crippen molar-refractivity contribution in [3.05, 3.63) is 89.6 Å². The molecule has 0 aliphatic heterocycles. The van der Waals surface area contributed by atoms with Gasteiger partial charge in [-0.05, 0) is 55.2 Å². The molecule has 0 atom stereocenters. The van der Waals surface area contributed by atoms with E-state index in [1.54, 1.807) is 12.3 Å². The lowest BCUT2D eigenvalue weighted by molar-refractivity contribution is 0.102. The van der Waals surface area contributed by atoms with Crippen LogP contribution in [0.25, 0.3) is 0 Å². The predicted molar refractivity (Wildman–Crippen MR) is 107 cm³/mol. The molecule has 0 saturated carbocycles. The van der Waals surface area contributed by atoms with Gasteiger partial charge in [0.15, 0.2) is 0 Å². The van der Waals surface area contributed by atoms with Crippen LogP contribution >= 0.6 is 0 Å². The molecule has 1 amide bonds. The molecule has 0 radical (unpaired) electrons. The minimum atomic E-state index is -0.154. The summed E-state index contributed by atoms with van der Waals surface area (Å²) in [6.45, 7) is 2.84. The van der Waals surface area contributed by atoms with E-state index in [0.29, 0.717) is 5.56 Å². The van der Waals surface area contributed by atoms with E-state index in [1.807, 2.05) is 43.3 Å². The number of pyridine rings is 1. The zero-order chi connectivity index (χ0) is 18.2. The fraction of sp³-hybridized carbons (Fsp3) is 0.182. The highest BCUT2D eigenvalue weighted by Crippen LogP contribution is 2.12. The molecule has 2 N–H and O–H groups in total. The first-order valence-corrected chi connectivity index (χ1v) is 8.82. The summed E-state index contributed by atoms with van der Waals surface area (Å²) in [5.41, 5.74) is 3.78. The molecule has 0 aliphatic carbocycles. The summed E-state index contributed by atoms with van der Waals surface area (Å²) in [7, 11) is 0. The fourth-order valence-electron chi connectivity index (χ4n) is 2.71. The minimum absolute atomic E-state index is 0.154. The third kappa shape index (κ3) is 5.18. The Bertz CT molecular complexity index is 845. The first-order chi connectivity index (χ1) is 12.7. The van der Waals surface area contributed by atoms with Crippen LogP contribution < -0.4 is 10.6 Å². The van der Waals surface area contributed by atoms with E-state index >= 15 is 0 Å². The zero-order valence-electron chi connectivity index (χ0n) is 14.9. The van der Waals surface area contributed by atoms with Gasteiger partial charge in [0.1, 0.15) is 5.82 Å². The van der Waals surface area contributed by atoms with Crippen LogP contribution in [0.15, 0.2) is 72.9 Å². The SMILES string of the molecule is Cc1cccc(NC(=O)c2ccc(NCCCc3ccccc3)nc2)c1. The molecule has 26 heavy (non-hydrogen) atoms. The maximum absolute atomic E-state index is 12.3. The summed E-state index contributed by atoms with van der Waals surface area (Å²) >= 11 is 0. The number of amides is 1. The van der Waals surface area contributed by atoms with Crippen molar-refractivity contribution in [2.24, 2.45) is 0 Å². The molecule has 2 aromatic carbocycles. The molecule has 4 nitrogen and oxygen atoms in total. The monoisotopic (exact) mass is 345 g/mol. The van der Waals surface area contributed by atoms with Gasteiger partial charge in [-0.3, -0.25) is 4.79 Å². The third-order valence-electron chi connectivity index (χ3n) is 4.09. The van der Waals surface area contributed by atoms with E-state index in [-0.39, 0.29) is 5.91 Å². The zero-order valence-corrected chi connectivity index (χ0v) is 14.9. The number of hydrogen-bond acceptors (Lipinski definition) is 3. The molecule has 0 unspecified atom stereocenters. The molecule has 1 heterocycles. The Morgan fingerprint density at radius 3 is 2.58 bits per heavy atom. The summed E-state index contributed by atoms with van der Waals surface area (Å²) < 4.78 is 0. The summed E-state index contributed by atoms with van der Waals surface area (Å²) in [6.07, 6.45) is 3.66. The topological polar surface area (TPSA) is 54.0 Å². The van der Waals surface area contributed by atoms with Crippen LogP contribution in [-0.2, 0) is 6.42 Å². The Morgan fingerprint density at radius 2 is 1.85 bits per heavy atom. The average molecular weight is 345 g/mol. The number of nitrogens with one attached hydrogen (secondary N) is 2. The summed E-state index contributed by atoms with van der Waals surface area (Å²) in [6, 6.07) is 21.8. The molecular weight excluding hydrogens is 322 g/mol. The van der Waals surface area contributed by atoms with Gasteiger partial charge in [-0.15, -0.1) is 0 Å². The predicted octanol–water partition coefficient (Wildman–Crippen LogP) is 4.69. The minimum Gasteiger partial charge on any atom is -0.370 e. The largest absolute Gasteiger partial charge is 0.370 e. The molecule has 1 aromatic heterocycles. The first kappa shape index (κ1) is 17.7. The second-order valence-corrected chi connectivity index (χ2v) is 6.27. The number of hydrogen-bond donors (Lipinski definition) is 2. The number of aryl methyl sites for hydroxylation is 2. The number of rotatable bonds is 7. The molecule has 4 heteroatoms. The average Bonchev–Trinajstić information content (AvgIpc) is 2.66. The maximum atomic E-state index is 12.3. The van der Waals surface area contributed by atoms with Crippen LogP contribution in [0.5, 0.6) is 0 Å². The Kier molecular flexibility index (Phi) is 5.99. The van der Waals surface area contributed by atoms with Crippen LogP contribution in [0.3, 0.4) is 0 Å². The van der Waals surface area contributed by atoms with E-state index < -0.39 is 0 Å². The molecule has 0 aliphatic rings. The van der Waals surface area contributed by atoms with Gasteiger partial charge in [-0.1, -0.05) is 42.5 Å². The van der Waals surface area contributed by atoms with Gasteiger partial charge in [0.2, 0.25) is 0 Å². The van der Waals surface area contributed by atoms with Gasteiger partial charge in [0, 0.05) is 18.4 Å². The standard InChI is InChI=1S/C22H23N3O/c1-17-7-5-11-20(15-17)25-22(26)19-12-13-21(24-16-19)23-14-6-10-18-8-3-2-4-9-18/h2-5,7-9,11-13,15-16H,6,10,14H2,1H3,(H,23,24)(H,25,26). The van der Waals surface area contributed by atoms with Crippen molar-refractivity contribution in [3.63, 3.8) is 0 Å². The Balaban J connectivity index is 1.47. The normalized spacial score (nSPS) is 10.3. The van der Waals surface area contributed by atoms with E-state index in [0.717, 1.165) is 36.5 Å². The number of carbonyl (C=O) groups excluding carboxylic acids is 1. The lowest BCUT2D eigenvalue weighted by atomic mass is 10.1. The van der Waals surface area contributed by atoms with Crippen LogP contribution in [0, 0.1) is 6.92 Å². The molecule has 0 saturated heterocycles. The maximum Gasteiger partial charge on any atom is 0.257 e. The van der Waals surface area contributed by atoms with Crippen LogP contribution in [0.2, 0.25) is 0 Å². The van der Waals surface area contributed by atoms with Crippen molar-refractivity contribution in [2.75, 3.05) is 17.2 Å². The van der Waals surface area contributed by atoms with Crippen molar-refractivity contribution in [1.82, 2.24) is 4.98 Å². The molecule has 0 bridgehead atoms. The van der Waals surface area contributed by atoms with Gasteiger partial charge < -0.3 is 10.6 Å². The molecular formula is C22H23N3O. The number of aromatic nitrogens is 1. The number of nitrogens with zero attached hydrogens (tertiary/aromatic N) is 1. The highest BCUT2D eigenvalue weighted by atomic mass is 16.1. The lowest BCUT2D eigenvalue weighted by Crippen LogP contribution is -2.12. The summed E-state index contributed by atoms with van der Waals surface area (Å²) in [5, 5.41) is 6.19. The molecule has 0 spiro atoms. The Morgan fingerprint density at radius 1 is 1.00 bits per heavy atom. The summed E-state index contributed by atoms with van der Waals surface area (Å²) in [4.78, 5) is 16.6. The molecule has 3 rings (SSSR count). The lowest BCUT2D eigenvalue weighted by Gasteiger charge is -2.08. The fourth-order valence-corrected chi connectivity index (χ4v) is 2.71. The highest BCUT2D eigenvalue weighted by molar-refractivity contribution is 6.04. The Hall–Kier alpha value is -3.14. The van der Waals surface area contributed by atoms with E-state index in [9.17, 15) is 4.79 Å². The number of anilines is 2. The van der Waals surface area contributed by atoms with Crippen LogP contribution in [0.1, 0.15) is 27.9 Å². The Labute approximate surface area is 154 Å². The van der Waals surface area contributed by atoms with Crippen LogP contribution in [0.4, 0.5) is 11.5 Å². The van der Waals surface area contributed by atoms with Crippen molar-refractivity contribution in [1.29, 1.82) is 0 Å². The van der Waals surface area contributed by atoms with E-state index in [1.165, 1.54) is 5.56 Å². The first-order valence-electron chi connectivity index (χ1n) is 8.82. The van der Waals surface area contributed by atoms with Gasteiger partial charge in [-0.2, -0.15) is 0 Å². The number of carbonyl (C=O) groups is 1. The summed E-state index contributed by atoms with van der Waals surface area (Å²) in [5.74, 6) is 0.629. The van der Waals surface area contributed by atoms with E-state index in [2.05, 4.69) is 39.9 Å². The van der Waals surface area contributed by atoms with Gasteiger partial charge in [-0.25, -0.2) is 4.98 Å².